The third-order valence-electron chi connectivity index (χ3n) is 3.27. The van der Waals surface area contributed by atoms with Crippen molar-refractivity contribution in [2.24, 2.45) is 5.73 Å². The van der Waals surface area contributed by atoms with Crippen LogP contribution in [0.3, 0.4) is 0 Å². The minimum Gasteiger partial charge on any atom is -0.404 e. The molecule has 0 amide bonds. The predicted molar refractivity (Wildman–Crippen MR) is 62.6 cm³/mol. The fourth-order valence-corrected chi connectivity index (χ4v) is 2.44. The molecule has 6 heteroatoms. The van der Waals surface area contributed by atoms with Crippen LogP contribution in [-0.2, 0) is 0 Å². The maximum atomic E-state index is 10.6. The quantitative estimate of drug-likeness (QED) is 0.640. The molecule has 0 aliphatic carbocycles. The van der Waals surface area contributed by atoms with Gasteiger partial charge in [-0.05, 0) is 32.0 Å². The molecule has 94 valence electrons. The second-order valence-electron chi connectivity index (χ2n) is 4.31. The Bertz CT molecular complexity index is 404. The molecule has 6 nitrogen and oxygen atoms in total. The number of likely N-dealkylation sites (N-methyl/N-ethyl adjacent to an activating group) is 1. The number of hydrogen-bond acceptors (Lipinski definition) is 5. The van der Waals surface area contributed by atoms with E-state index in [0.29, 0.717) is 5.76 Å². The van der Waals surface area contributed by atoms with E-state index in [1.165, 1.54) is 6.07 Å². The maximum Gasteiger partial charge on any atom is 0.433 e. The highest BCUT2D eigenvalue weighted by Crippen LogP contribution is 2.32. The van der Waals surface area contributed by atoms with E-state index in [1.807, 2.05) is 0 Å². The van der Waals surface area contributed by atoms with Crippen LogP contribution < -0.4 is 5.73 Å². The number of rotatable bonds is 3. The minimum absolute atomic E-state index is 0.0190. The number of nitro groups is 1. The SMILES string of the molecule is CCN1CCCC(N)C1c1ccc([N+](=O)[O-])o1. The Balaban J connectivity index is 2.25. The fraction of sp³-hybridized carbons (Fsp3) is 0.636. The number of nitrogens with two attached hydrogens (primary N) is 1. The van der Waals surface area contributed by atoms with Gasteiger partial charge in [-0.15, -0.1) is 0 Å². The molecule has 0 bridgehead atoms. The van der Waals surface area contributed by atoms with Crippen molar-refractivity contribution in [1.82, 2.24) is 4.90 Å². The molecule has 0 radical (unpaired) electrons. The van der Waals surface area contributed by atoms with Gasteiger partial charge in [-0.3, -0.25) is 15.0 Å². The van der Waals surface area contributed by atoms with Crippen LogP contribution in [0.2, 0.25) is 0 Å². The molecule has 1 aromatic heterocycles. The molecule has 1 saturated heterocycles. The molecule has 0 aromatic carbocycles. The van der Waals surface area contributed by atoms with E-state index in [-0.39, 0.29) is 18.0 Å². The van der Waals surface area contributed by atoms with Crippen LogP contribution in [0.5, 0.6) is 0 Å². The summed E-state index contributed by atoms with van der Waals surface area (Å²) in [5.41, 5.74) is 6.09. The van der Waals surface area contributed by atoms with Gasteiger partial charge in [0.2, 0.25) is 0 Å². The lowest BCUT2D eigenvalue weighted by atomic mass is 9.95. The molecule has 2 N–H and O–H groups in total. The molecule has 17 heavy (non-hydrogen) atoms. The van der Waals surface area contributed by atoms with Gasteiger partial charge < -0.3 is 10.2 Å². The molecule has 2 atom stereocenters. The number of likely N-dealkylation sites (tertiary alicyclic amines) is 1. The van der Waals surface area contributed by atoms with E-state index in [0.717, 1.165) is 25.9 Å². The monoisotopic (exact) mass is 239 g/mol. The second-order valence-corrected chi connectivity index (χ2v) is 4.31. The minimum atomic E-state index is -0.520. The van der Waals surface area contributed by atoms with Crippen LogP contribution in [0.4, 0.5) is 5.88 Å². The van der Waals surface area contributed by atoms with Crippen LogP contribution in [0.15, 0.2) is 16.5 Å². The molecule has 1 aliphatic heterocycles. The smallest absolute Gasteiger partial charge is 0.404 e. The van der Waals surface area contributed by atoms with Crippen molar-refractivity contribution in [3.63, 3.8) is 0 Å². The predicted octanol–water partition coefficient (Wildman–Crippen LogP) is 1.67. The van der Waals surface area contributed by atoms with Crippen molar-refractivity contribution in [2.75, 3.05) is 13.1 Å². The molecule has 1 aromatic rings. The van der Waals surface area contributed by atoms with Crippen LogP contribution in [0.25, 0.3) is 0 Å². The Morgan fingerprint density at radius 3 is 3.00 bits per heavy atom. The van der Waals surface area contributed by atoms with Crippen molar-refractivity contribution in [3.05, 3.63) is 28.0 Å². The number of hydrogen-bond donors (Lipinski definition) is 1. The van der Waals surface area contributed by atoms with Gasteiger partial charge in [0.1, 0.15) is 10.7 Å². The van der Waals surface area contributed by atoms with Gasteiger partial charge in [0.25, 0.3) is 0 Å². The van der Waals surface area contributed by atoms with Gasteiger partial charge in [-0.1, -0.05) is 6.92 Å². The highest BCUT2D eigenvalue weighted by molar-refractivity contribution is 5.21. The van der Waals surface area contributed by atoms with Gasteiger partial charge in [-0.2, -0.15) is 0 Å². The molecule has 2 unspecified atom stereocenters. The van der Waals surface area contributed by atoms with E-state index in [9.17, 15) is 10.1 Å². The lowest BCUT2D eigenvalue weighted by Crippen LogP contribution is -2.45. The van der Waals surface area contributed by atoms with Gasteiger partial charge in [-0.25, -0.2) is 0 Å². The van der Waals surface area contributed by atoms with E-state index < -0.39 is 4.92 Å². The molecular formula is C11H17N3O3. The summed E-state index contributed by atoms with van der Waals surface area (Å²) in [5, 5.41) is 10.6. The highest BCUT2D eigenvalue weighted by atomic mass is 16.6. The summed E-state index contributed by atoms with van der Waals surface area (Å²) in [6.45, 7) is 3.89. The molecular weight excluding hydrogens is 222 g/mol. The molecule has 2 heterocycles. The van der Waals surface area contributed by atoms with Gasteiger partial charge in [0.15, 0.2) is 0 Å². The van der Waals surface area contributed by atoms with Crippen molar-refractivity contribution >= 4 is 5.88 Å². The Hall–Kier alpha value is -1.40. The van der Waals surface area contributed by atoms with Crippen molar-refractivity contribution in [1.29, 1.82) is 0 Å². The molecule has 1 fully saturated rings. The zero-order chi connectivity index (χ0) is 12.4. The average Bonchev–Trinajstić information content (AvgIpc) is 2.77. The lowest BCUT2D eigenvalue weighted by Gasteiger charge is -2.37. The first kappa shape index (κ1) is 12.1. The number of piperidine rings is 1. The topological polar surface area (TPSA) is 85.5 Å². The van der Waals surface area contributed by atoms with Crippen LogP contribution >= 0.6 is 0 Å². The third kappa shape index (κ3) is 2.32. The maximum absolute atomic E-state index is 10.6. The summed E-state index contributed by atoms with van der Waals surface area (Å²) < 4.78 is 5.27. The standard InChI is InChI=1S/C11H17N3O3/c1-2-13-7-3-4-8(12)11(13)9-5-6-10(17-9)14(15)16/h5-6,8,11H,2-4,7,12H2,1H3. The van der Waals surface area contributed by atoms with Gasteiger partial charge in [0.05, 0.1) is 12.1 Å². The van der Waals surface area contributed by atoms with Crippen LogP contribution in [0.1, 0.15) is 31.6 Å². The summed E-state index contributed by atoms with van der Waals surface area (Å²) >= 11 is 0. The largest absolute Gasteiger partial charge is 0.433 e. The zero-order valence-electron chi connectivity index (χ0n) is 9.83. The lowest BCUT2D eigenvalue weighted by molar-refractivity contribution is -0.402. The highest BCUT2D eigenvalue weighted by Gasteiger charge is 2.32. The van der Waals surface area contributed by atoms with Crippen molar-refractivity contribution in [3.8, 4) is 0 Å². The number of furan rings is 1. The zero-order valence-corrected chi connectivity index (χ0v) is 9.83. The first-order valence-electron chi connectivity index (χ1n) is 5.87. The third-order valence-corrected chi connectivity index (χ3v) is 3.27. The van der Waals surface area contributed by atoms with Crippen molar-refractivity contribution in [2.45, 2.75) is 31.8 Å². The van der Waals surface area contributed by atoms with Crippen LogP contribution in [-0.4, -0.2) is 29.0 Å². The van der Waals surface area contributed by atoms with E-state index in [2.05, 4.69) is 11.8 Å². The fourth-order valence-electron chi connectivity index (χ4n) is 2.44. The Morgan fingerprint density at radius 2 is 2.41 bits per heavy atom. The molecule has 1 aliphatic rings. The Labute approximate surface area is 99.5 Å². The summed E-state index contributed by atoms with van der Waals surface area (Å²) in [5.74, 6) is 0.388. The average molecular weight is 239 g/mol. The van der Waals surface area contributed by atoms with Gasteiger partial charge >= 0.3 is 5.88 Å². The second kappa shape index (κ2) is 4.85. The van der Waals surface area contributed by atoms with E-state index in [4.69, 9.17) is 10.2 Å². The summed E-state index contributed by atoms with van der Waals surface area (Å²) in [4.78, 5) is 12.3. The van der Waals surface area contributed by atoms with E-state index in [1.54, 1.807) is 6.07 Å². The normalized spacial score (nSPS) is 26.0. The van der Waals surface area contributed by atoms with Gasteiger partial charge in [0, 0.05) is 6.04 Å². The molecule has 2 rings (SSSR count). The first-order valence-corrected chi connectivity index (χ1v) is 5.87. The first-order chi connectivity index (χ1) is 8.13. The Kier molecular flexibility index (Phi) is 3.44. The van der Waals surface area contributed by atoms with Crippen LogP contribution in [0, 0.1) is 10.1 Å². The van der Waals surface area contributed by atoms with E-state index >= 15 is 0 Å². The molecule has 0 saturated carbocycles. The summed E-state index contributed by atoms with van der Waals surface area (Å²) in [7, 11) is 0. The molecule has 0 spiro atoms. The summed E-state index contributed by atoms with van der Waals surface area (Å²) in [6, 6.07) is 3.00. The number of nitrogens with zero attached hydrogens (tertiary/aromatic N) is 2. The van der Waals surface area contributed by atoms with Crippen molar-refractivity contribution < 1.29 is 9.34 Å². The summed E-state index contributed by atoms with van der Waals surface area (Å²) in [6.07, 6.45) is 1.99. The Morgan fingerprint density at radius 1 is 1.65 bits per heavy atom.